The van der Waals surface area contributed by atoms with Crippen molar-refractivity contribution in [2.24, 2.45) is 0 Å². The molecular weight excluding hydrogens is 374 g/mol. The van der Waals surface area contributed by atoms with E-state index >= 15 is 0 Å². The van der Waals surface area contributed by atoms with Crippen molar-refractivity contribution < 1.29 is 14.3 Å². The maximum absolute atomic E-state index is 12.2. The molecule has 0 fully saturated rings. The lowest BCUT2D eigenvalue weighted by Gasteiger charge is -2.13. The first-order valence-electron chi connectivity index (χ1n) is 8.87. The molecule has 1 amide bonds. The molecule has 3 rings (SSSR count). The molecule has 0 spiro atoms. The van der Waals surface area contributed by atoms with Gasteiger partial charge in [-0.15, -0.1) is 0 Å². The zero-order valence-electron chi connectivity index (χ0n) is 15.6. The van der Waals surface area contributed by atoms with Gasteiger partial charge in [-0.2, -0.15) is 0 Å². The smallest absolute Gasteiger partial charge is 0.331 e. The molecule has 1 N–H and O–H groups in total. The van der Waals surface area contributed by atoms with Gasteiger partial charge in [0.1, 0.15) is 0 Å². The molecule has 28 heavy (non-hydrogen) atoms. The highest BCUT2D eigenvalue weighted by Gasteiger charge is 2.17. The van der Waals surface area contributed by atoms with Crippen molar-refractivity contribution in [1.29, 1.82) is 0 Å². The summed E-state index contributed by atoms with van der Waals surface area (Å²) in [5, 5.41) is 5.37. The van der Waals surface area contributed by atoms with Gasteiger partial charge in [0.15, 0.2) is 6.10 Å². The Morgan fingerprint density at radius 2 is 1.82 bits per heavy atom. The summed E-state index contributed by atoms with van der Waals surface area (Å²) >= 11 is 6.06. The number of aryl methyl sites for hydroxylation is 1. The third kappa shape index (κ3) is 4.78. The summed E-state index contributed by atoms with van der Waals surface area (Å²) in [6, 6.07) is 19.0. The Balaban J connectivity index is 1.62. The largest absolute Gasteiger partial charge is 0.449 e. The second kappa shape index (κ2) is 8.72. The van der Waals surface area contributed by atoms with Crippen molar-refractivity contribution in [1.82, 2.24) is 0 Å². The van der Waals surface area contributed by atoms with Crippen LogP contribution in [0.25, 0.3) is 16.8 Å². The van der Waals surface area contributed by atoms with E-state index in [-0.39, 0.29) is 0 Å². The molecule has 3 aromatic rings. The minimum atomic E-state index is -0.940. The molecule has 0 radical (unpaired) electrons. The third-order valence-corrected chi connectivity index (χ3v) is 4.73. The van der Waals surface area contributed by atoms with Crippen LogP contribution >= 0.6 is 11.6 Å². The van der Waals surface area contributed by atoms with Gasteiger partial charge >= 0.3 is 5.97 Å². The van der Waals surface area contributed by atoms with Gasteiger partial charge in [0, 0.05) is 16.8 Å². The summed E-state index contributed by atoms with van der Waals surface area (Å²) in [4.78, 5) is 24.3. The summed E-state index contributed by atoms with van der Waals surface area (Å²) < 4.78 is 5.20. The number of hydrogen-bond acceptors (Lipinski definition) is 3. The topological polar surface area (TPSA) is 55.4 Å². The van der Waals surface area contributed by atoms with E-state index in [2.05, 4.69) is 5.32 Å². The molecule has 0 aliphatic heterocycles. The Hall–Kier alpha value is -3.11. The van der Waals surface area contributed by atoms with Gasteiger partial charge in [0.05, 0.1) is 0 Å². The number of anilines is 1. The first kappa shape index (κ1) is 19.6. The fourth-order valence-corrected chi connectivity index (χ4v) is 2.92. The highest BCUT2D eigenvalue weighted by Crippen LogP contribution is 2.21. The van der Waals surface area contributed by atoms with Gasteiger partial charge in [0.25, 0.3) is 5.91 Å². The summed E-state index contributed by atoms with van der Waals surface area (Å²) in [5.74, 6) is -1.01. The van der Waals surface area contributed by atoms with Crippen LogP contribution < -0.4 is 5.32 Å². The predicted molar refractivity (Wildman–Crippen MR) is 113 cm³/mol. The van der Waals surface area contributed by atoms with Crippen LogP contribution in [-0.4, -0.2) is 18.0 Å². The number of amides is 1. The summed E-state index contributed by atoms with van der Waals surface area (Å²) in [6.07, 6.45) is 2.08. The fraction of sp³-hybridized carbons (Fsp3) is 0.130. The van der Waals surface area contributed by atoms with E-state index in [9.17, 15) is 9.59 Å². The molecule has 142 valence electrons. The Kier molecular flexibility index (Phi) is 6.12. The number of fused-ring (bicyclic) bond motifs is 1. The Morgan fingerprint density at radius 3 is 2.61 bits per heavy atom. The Labute approximate surface area is 168 Å². The summed E-state index contributed by atoms with van der Waals surface area (Å²) in [7, 11) is 0. The van der Waals surface area contributed by atoms with Gasteiger partial charge in [-0.05, 0) is 54.0 Å². The van der Waals surface area contributed by atoms with E-state index in [4.69, 9.17) is 16.3 Å². The first-order chi connectivity index (χ1) is 13.4. The maximum atomic E-state index is 12.2. The number of carbonyl (C=O) groups excluding carboxylic acids is 2. The highest BCUT2D eigenvalue weighted by atomic mass is 35.5. The molecule has 0 bridgehead atoms. The van der Waals surface area contributed by atoms with Crippen LogP contribution in [-0.2, 0) is 14.3 Å². The average Bonchev–Trinajstić information content (AvgIpc) is 2.69. The monoisotopic (exact) mass is 393 g/mol. The highest BCUT2D eigenvalue weighted by molar-refractivity contribution is 6.31. The summed E-state index contributed by atoms with van der Waals surface area (Å²) in [5.41, 5.74) is 2.37. The number of esters is 1. The number of carbonyl (C=O) groups is 2. The lowest BCUT2D eigenvalue weighted by atomic mass is 10.0. The van der Waals surface area contributed by atoms with Crippen LogP contribution in [0.4, 0.5) is 5.69 Å². The van der Waals surface area contributed by atoms with Gasteiger partial charge in [-0.3, -0.25) is 4.79 Å². The molecule has 0 aliphatic carbocycles. The van der Waals surface area contributed by atoms with Crippen LogP contribution in [0.15, 0.2) is 66.7 Å². The molecule has 4 nitrogen and oxygen atoms in total. The molecule has 0 saturated heterocycles. The molecule has 0 aromatic heterocycles. The van der Waals surface area contributed by atoms with E-state index in [0.29, 0.717) is 10.7 Å². The van der Waals surface area contributed by atoms with Crippen molar-refractivity contribution in [3.63, 3.8) is 0 Å². The molecule has 1 unspecified atom stereocenters. The third-order valence-electron chi connectivity index (χ3n) is 4.32. The van der Waals surface area contributed by atoms with E-state index in [1.807, 2.05) is 55.5 Å². The summed E-state index contributed by atoms with van der Waals surface area (Å²) in [6.45, 7) is 3.40. The van der Waals surface area contributed by atoms with E-state index in [1.165, 1.54) is 13.0 Å². The van der Waals surface area contributed by atoms with E-state index in [1.54, 1.807) is 18.2 Å². The van der Waals surface area contributed by atoms with Crippen LogP contribution in [0.3, 0.4) is 0 Å². The van der Waals surface area contributed by atoms with Gasteiger partial charge in [-0.1, -0.05) is 60.1 Å². The lowest BCUT2D eigenvalue weighted by Crippen LogP contribution is -2.29. The van der Waals surface area contributed by atoms with Crippen LogP contribution in [0, 0.1) is 6.92 Å². The SMILES string of the molecule is Cc1ccc(NC(=O)C(C)OC(=O)/C=C/c2cccc3ccccc23)cc1Cl. The van der Waals surface area contributed by atoms with E-state index in [0.717, 1.165) is 21.9 Å². The standard InChI is InChI=1S/C23H20ClNO3/c1-15-10-12-19(14-21(15)24)25-23(27)16(2)28-22(26)13-11-18-8-5-7-17-6-3-4-9-20(17)18/h3-14,16H,1-2H3,(H,25,27)/b13-11+. The number of halogens is 1. The quantitative estimate of drug-likeness (QED) is 0.467. The number of ether oxygens (including phenoxy) is 1. The van der Waals surface area contributed by atoms with Crippen molar-refractivity contribution in [3.05, 3.63) is 82.9 Å². The second-order valence-corrected chi connectivity index (χ2v) is 6.84. The maximum Gasteiger partial charge on any atom is 0.331 e. The zero-order chi connectivity index (χ0) is 20.1. The fourth-order valence-electron chi connectivity index (χ4n) is 2.74. The van der Waals surface area contributed by atoms with Crippen LogP contribution in [0.1, 0.15) is 18.1 Å². The van der Waals surface area contributed by atoms with E-state index < -0.39 is 18.0 Å². The van der Waals surface area contributed by atoms with Crippen LogP contribution in [0.5, 0.6) is 0 Å². The molecule has 1 atom stereocenters. The van der Waals surface area contributed by atoms with Gasteiger partial charge in [0.2, 0.25) is 0 Å². The minimum Gasteiger partial charge on any atom is -0.449 e. The van der Waals surface area contributed by atoms with Crippen molar-refractivity contribution in [2.75, 3.05) is 5.32 Å². The number of hydrogen-bond donors (Lipinski definition) is 1. The Morgan fingerprint density at radius 1 is 1.07 bits per heavy atom. The number of rotatable bonds is 5. The van der Waals surface area contributed by atoms with Crippen LogP contribution in [0.2, 0.25) is 5.02 Å². The molecule has 5 heteroatoms. The average molecular weight is 394 g/mol. The van der Waals surface area contributed by atoms with Crippen molar-refractivity contribution in [2.45, 2.75) is 20.0 Å². The van der Waals surface area contributed by atoms with Gasteiger partial charge < -0.3 is 10.1 Å². The normalized spacial score (nSPS) is 12.1. The van der Waals surface area contributed by atoms with Gasteiger partial charge in [-0.25, -0.2) is 4.79 Å². The molecule has 0 heterocycles. The molecule has 0 saturated carbocycles. The zero-order valence-corrected chi connectivity index (χ0v) is 16.4. The second-order valence-electron chi connectivity index (χ2n) is 6.43. The van der Waals surface area contributed by atoms with Crippen molar-refractivity contribution >= 4 is 46.0 Å². The molecule has 3 aromatic carbocycles. The van der Waals surface area contributed by atoms with Crippen molar-refractivity contribution in [3.8, 4) is 0 Å². The molecule has 0 aliphatic rings. The lowest BCUT2D eigenvalue weighted by molar-refractivity contribution is -0.148. The predicted octanol–water partition coefficient (Wildman–Crippen LogP) is 5.39. The number of nitrogens with one attached hydrogen (secondary N) is 1. The number of benzene rings is 3. The first-order valence-corrected chi connectivity index (χ1v) is 9.25. The minimum absolute atomic E-state index is 0.424. The molecular formula is C23H20ClNO3. The Bertz CT molecular complexity index is 1050.